The van der Waals surface area contributed by atoms with Crippen LogP contribution in [0.3, 0.4) is 0 Å². The van der Waals surface area contributed by atoms with E-state index in [1.165, 1.54) is 0 Å². The van der Waals surface area contributed by atoms with Gasteiger partial charge in [0.1, 0.15) is 17.0 Å². The molecular formula is C15H19N2O4. The number of nitro benzene ring substituents is 1. The van der Waals surface area contributed by atoms with E-state index >= 15 is 0 Å². The van der Waals surface area contributed by atoms with Crippen LogP contribution >= 0.6 is 0 Å². The first-order chi connectivity index (χ1) is 10.0. The molecule has 6 nitrogen and oxygen atoms in total. The standard InChI is InChI=1S/C15H19N2O4/c1-15(10-18)9-11-7-13(17(19)20)12(8-14(11)21-15)16-5-3-2-4-6-16/h2,7-8,18H,3-6,9-10H2,1H3. The summed E-state index contributed by atoms with van der Waals surface area (Å²) in [6.45, 7) is 3.28. The number of benzene rings is 1. The molecule has 2 aliphatic rings. The zero-order chi connectivity index (χ0) is 15.0. The van der Waals surface area contributed by atoms with Crippen LogP contribution in [0.5, 0.6) is 5.75 Å². The van der Waals surface area contributed by atoms with Crippen LogP contribution in [0.4, 0.5) is 11.4 Å². The van der Waals surface area contributed by atoms with Gasteiger partial charge in [0.05, 0.1) is 11.5 Å². The highest BCUT2D eigenvalue weighted by atomic mass is 16.6. The molecule has 1 saturated heterocycles. The van der Waals surface area contributed by atoms with Crippen molar-refractivity contribution >= 4 is 11.4 Å². The molecule has 6 heteroatoms. The number of anilines is 1. The summed E-state index contributed by atoms with van der Waals surface area (Å²) in [6, 6.07) is 3.36. The van der Waals surface area contributed by atoms with E-state index in [9.17, 15) is 15.2 Å². The van der Waals surface area contributed by atoms with Gasteiger partial charge < -0.3 is 14.7 Å². The maximum Gasteiger partial charge on any atom is 0.293 e. The van der Waals surface area contributed by atoms with Crippen LogP contribution in [-0.2, 0) is 6.42 Å². The Morgan fingerprint density at radius 2 is 2.14 bits per heavy atom. The highest BCUT2D eigenvalue weighted by Crippen LogP contribution is 2.42. The quantitative estimate of drug-likeness (QED) is 0.681. The Hall–Kier alpha value is -1.82. The van der Waals surface area contributed by atoms with Gasteiger partial charge in [0.2, 0.25) is 0 Å². The third-order valence-electron chi connectivity index (χ3n) is 4.16. The van der Waals surface area contributed by atoms with Crippen LogP contribution in [0, 0.1) is 16.5 Å². The van der Waals surface area contributed by atoms with Gasteiger partial charge >= 0.3 is 0 Å². The zero-order valence-corrected chi connectivity index (χ0v) is 12.0. The molecule has 3 rings (SSSR count). The van der Waals surface area contributed by atoms with Gasteiger partial charge in [0, 0.05) is 37.2 Å². The lowest BCUT2D eigenvalue weighted by molar-refractivity contribution is -0.384. The fraction of sp³-hybridized carbons (Fsp3) is 0.533. The molecule has 1 aromatic rings. The fourth-order valence-corrected chi connectivity index (χ4v) is 3.02. The number of piperidine rings is 1. The molecule has 0 bridgehead atoms. The minimum Gasteiger partial charge on any atom is -0.484 e. The molecule has 0 spiro atoms. The van der Waals surface area contributed by atoms with Gasteiger partial charge in [-0.05, 0) is 26.2 Å². The van der Waals surface area contributed by atoms with Gasteiger partial charge in [-0.2, -0.15) is 0 Å². The van der Waals surface area contributed by atoms with E-state index in [1.54, 1.807) is 12.1 Å². The van der Waals surface area contributed by atoms with Gasteiger partial charge in [-0.15, -0.1) is 0 Å². The average molecular weight is 291 g/mol. The predicted octanol–water partition coefficient (Wildman–Crippen LogP) is 2.09. The van der Waals surface area contributed by atoms with Crippen LogP contribution in [0.1, 0.15) is 25.3 Å². The van der Waals surface area contributed by atoms with Crippen LogP contribution in [0.15, 0.2) is 12.1 Å². The zero-order valence-electron chi connectivity index (χ0n) is 12.0. The largest absolute Gasteiger partial charge is 0.484 e. The third-order valence-corrected chi connectivity index (χ3v) is 4.16. The lowest BCUT2D eigenvalue weighted by Crippen LogP contribution is -2.34. The van der Waals surface area contributed by atoms with E-state index in [1.807, 2.05) is 11.8 Å². The Morgan fingerprint density at radius 1 is 1.43 bits per heavy atom. The van der Waals surface area contributed by atoms with Gasteiger partial charge in [-0.1, -0.05) is 0 Å². The number of ether oxygens (including phenoxy) is 1. The van der Waals surface area contributed by atoms with Crippen molar-refractivity contribution in [1.29, 1.82) is 0 Å². The Morgan fingerprint density at radius 3 is 2.76 bits per heavy atom. The molecule has 1 aromatic carbocycles. The van der Waals surface area contributed by atoms with Crippen molar-refractivity contribution in [1.82, 2.24) is 0 Å². The molecule has 1 fully saturated rings. The molecule has 21 heavy (non-hydrogen) atoms. The minimum absolute atomic E-state index is 0.108. The third kappa shape index (κ3) is 2.55. The minimum atomic E-state index is -0.676. The van der Waals surface area contributed by atoms with Crippen LogP contribution in [-0.4, -0.2) is 35.3 Å². The van der Waals surface area contributed by atoms with Crippen molar-refractivity contribution < 1.29 is 14.8 Å². The van der Waals surface area contributed by atoms with E-state index < -0.39 is 5.60 Å². The molecule has 0 saturated carbocycles. The molecule has 2 aliphatic heterocycles. The van der Waals surface area contributed by atoms with E-state index in [2.05, 4.69) is 6.42 Å². The molecule has 1 N–H and O–H groups in total. The van der Waals surface area contributed by atoms with Gasteiger partial charge in [0.25, 0.3) is 5.69 Å². The molecule has 2 heterocycles. The van der Waals surface area contributed by atoms with Crippen molar-refractivity contribution in [3.63, 3.8) is 0 Å². The molecule has 0 aliphatic carbocycles. The second-order valence-electron chi connectivity index (χ2n) is 5.95. The molecule has 1 unspecified atom stereocenters. The van der Waals surface area contributed by atoms with E-state index in [-0.39, 0.29) is 17.2 Å². The summed E-state index contributed by atoms with van der Waals surface area (Å²) in [6.07, 6.45) is 4.57. The lowest BCUT2D eigenvalue weighted by atomic mass is 9.99. The van der Waals surface area contributed by atoms with Crippen molar-refractivity contribution in [3.05, 3.63) is 34.2 Å². The number of rotatable bonds is 3. The Labute approximate surface area is 123 Å². The van der Waals surface area contributed by atoms with E-state index in [0.29, 0.717) is 17.9 Å². The second kappa shape index (κ2) is 5.18. The number of nitro groups is 1. The van der Waals surface area contributed by atoms with Crippen LogP contribution in [0.2, 0.25) is 0 Å². The molecule has 1 radical (unpaired) electrons. The number of aliphatic hydroxyl groups is 1. The molecule has 0 aromatic heterocycles. The number of hydrogen-bond acceptors (Lipinski definition) is 5. The predicted molar refractivity (Wildman–Crippen MR) is 78.7 cm³/mol. The van der Waals surface area contributed by atoms with E-state index in [0.717, 1.165) is 31.5 Å². The monoisotopic (exact) mass is 291 g/mol. The Balaban J connectivity index is 2.00. The SMILES string of the molecule is CC1(CO)Cc2cc([N+](=O)[O-])c(N3CC[CH]CC3)cc2O1. The maximum atomic E-state index is 11.4. The molecule has 113 valence electrons. The van der Waals surface area contributed by atoms with Crippen molar-refractivity contribution in [3.8, 4) is 5.75 Å². The Kier molecular flexibility index (Phi) is 3.49. The number of hydrogen-bond donors (Lipinski definition) is 1. The molecule has 0 amide bonds. The average Bonchev–Trinajstić information content (AvgIpc) is 2.83. The smallest absolute Gasteiger partial charge is 0.293 e. The molecule has 1 atom stereocenters. The number of fused-ring (bicyclic) bond motifs is 1. The second-order valence-corrected chi connectivity index (χ2v) is 5.95. The fourth-order valence-electron chi connectivity index (χ4n) is 3.02. The summed E-state index contributed by atoms with van der Waals surface area (Å²) >= 11 is 0. The first-order valence-electron chi connectivity index (χ1n) is 7.20. The lowest BCUT2D eigenvalue weighted by Gasteiger charge is -2.28. The van der Waals surface area contributed by atoms with Crippen LogP contribution < -0.4 is 9.64 Å². The molecular weight excluding hydrogens is 272 g/mol. The van der Waals surface area contributed by atoms with Crippen LogP contribution in [0.25, 0.3) is 0 Å². The van der Waals surface area contributed by atoms with Gasteiger partial charge in [-0.25, -0.2) is 0 Å². The first kappa shape index (κ1) is 14.1. The highest BCUT2D eigenvalue weighted by Gasteiger charge is 2.37. The summed E-state index contributed by atoms with van der Waals surface area (Å²) in [5.41, 5.74) is 0.867. The summed E-state index contributed by atoms with van der Waals surface area (Å²) in [5, 5.41) is 20.8. The van der Waals surface area contributed by atoms with Gasteiger partial charge in [0.15, 0.2) is 0 Å². The summed E-state index contributed by atoms with van der Waals surface area (Å²) in [5.74, 6) is 0.654. The maximum absolute atomic E-state index is 11.4. The Bertz CT molecular complexity index is 569. The summed E-state index contributed by atoms with van der Waals surface area (Å²) in [7, 11) is 0. The van der Waals surface area contributed by atoms with Crippen molar-refractivity contribution in [2.45, 2.75) is 31.8 Å². The van der Waals surface area contributed by atoms with Gasteiger partial charge in [-0.3, -0.25) is 10.1 Å². The van der Waals surface area contributed by atoms with Crippen molar-refractivity contribution in [2.24, 2.45) is 0 Å². The number of aliphatic hydroxyl groups excluding tert-OH is 1. The number of nitrogens with zero attached hydrogens (tertiary/aromatic N) is 2. The summed E-state index contributed by atoms with van der Waals surface area (Å²) in [4.78, 5) is 13.1. The summed E-state index contributed by atoms with van der Waals surface area (Å²) < 4.78 is 5.80. The van der Waals surface area contributed by atoms with Crippen molar-refractivity contribution in [2.75, 3.05) is 24.6 Å². The topological polar surface area (TPSA) is 75.8 Å². The normalized spacial score (nSPS) is 24.6. The highest BCUT2D eigenvalue weighted by molar-refractivity contribution is 5.69. The van der Waals surface area contributed by atoms with E-state index in [4.69, 9.17) is 4.74 Å². The first-order valence-corrected chi connectivity index (χ1v) is 7.20.